The van der Waals surface area contributed by atoms with Crippen LogP contribution in [0.25, 0.3) is 4.96 Å². The molecular weight excluding hydrogens is 318 g/mol. The number of hydrogen-bond donors (Lipinski definition) is 1. The van der Waals surface area contributed by atoms with Gasteiger partial charge in [0.1, 0.15) is 5.56 Å². The smallest absolute Gasteiger partial charge is 0.288 e. The van der Waals surface area contributed by atoms with Crippen LogP contribution >= 0.6 is 11.3 Å². The van der Waals surface area contributed by atoms with E-state index in [0.717, 1.165) is 31.1 Å². The van der Waals surface area contributed by atoms with E-state index in [1.54, 1.807) is 0 Å². The molecule has 9 heteroatoms. The first-order valence-electron chi connectivity index (χ1n) is 7.70. The van der Waals surface area contributed by atoms with Gasteiger partial charge < -0.3 is 15.0 Å². The number of carbonyl (C=O) groups is 1. The van der Waals surface area contributed by atoms with Gasteiger partial charge >= 0.3 is 0 Å². The molecular formula is C14H19N5O3S. The van der Waals surface area contributed by atoms with Gasteiger partial charge in [-0.15, -0.1) is 5.10 Å². The number of nitrogens with one attached hydrogen (secondary N) is 1. The average Bonchev–Trinajstić information content (AvgIpc) is 3.01. The maximum atomic E-state index is 12.5. The minimum Gasteiger partial charge on any atom is -0.378 e. The van der Waals surface area contributed by atoms with Gasteiger partial charge in [0.05, 0.1) is 13.2 Å². The summed E-state index contributed by atoms with van der Waals surface area (Å²) in [5.41, 5.74) is -0.405. The zero-order chi connectivity index (χ0) is 16.2. The topological polar surface area (TPSA) is 88.8 Å². The quantitative estimate of drug-likeness (QED) is 0.800. The Morgan fingerprint density at radius 2 is 2.22 bits per heavy atom. The Labute approximate surface area is 137 Å². The molecule has 0 bridgehead atoms. The van der Waals surface area contributed by atoms with Crippen LogP contribution in [0.2, 0.25) is 0 Å². The summed E-state index contributed by atoms with van der Waals surface area (Å²) in [5, 5.41) is 7.78. The average molecular weight is 337 g/mol. The zero-order valence-electron chi connectivity index (χ0n) is 12.9. The summed E-state index contributed by atoms with van der Waals surface area (Å²) in [4.78, 5) is 31.3. The molecule has 3 rings (SSSR count). The van der Waals surface area contributed by atoms with E-state index in [9.17, 15) is 9.59 Å². The molecule has 2 aromatic rings. The molecule has 1 aliphatic rings. The number of anilines is 1. The highest BCUT2D eigenvalue weighted by Crippen LogP contribution is 2.21. The number of nitrogens with zero attached hydrogens (tertiary/aromatic N) is 4. The van der Waals surface area contributed by atoms with E-state index in [4.69, 9.17) is 4.74 Å². The molecule has 0 spiro atoms. The van der Waals surface area contributed by atoms with E-state index in [1.165, 1.54) is 22.0 Å². The standard InChI is InChI=1S/C14H19N5O3S/c1-2-3-4-15-11(20)10-9-16-13-19(12(10)21)17-14(23-13)18-5-7-22-8-6-18/h9H,2-8H2,1H3,(H,15,20). The summed E-state index contributed by atoms with van der Waals surface area (Å²) in [5.74, 6) is -0.397. The largest absolute Gasteiger partial charge is 0.378 e. The monoisotopic (exact) mass is 337 g/mol. The first kappa shape index (κ1) is 15.9. The molecule has 0 unspecified atom stereocenters. The van der Waals surface area contributed by atoms with Crippen molar-refractivity contribution in [1.82, 2.24) is 19.9 Å². The van der Waals surface area contributed by atoms with Crippen LogP contribution in [0.1, 0.15) is 30.1 Å². The molecule has 0 aliphatic carbocycles. The Balaban J connectivity index is 1.86. The highest BCUT2D eigenvalue weighted by atomic mass is 32.1. The second kappa shape index (κ2) is 7.05. The second-order valence-electron chi connectivity index (χ2n) is 5.26. The summed E-state index contributed by atoms with van der Waals surface area (Å²) in [6.07, 6.45) is 3.19. The lowest BCUT2D eigenvalue weighted by molar-refractivity contribution is 0.0951. The number of amides is 1. The van der Waals surface area contributed by atoms with E-state index < -0.39 is 11.5 Å². The second-order valence-corrected chi connectivity index (χ2v) is 6.20. The Kier molecular flexibility index (Phi) is 4.87. The highest BCUT2D eigenvalue weighted by molar-refractivity contribution is 7.20. The van der Waals surface area contributed by atoms with Crippen LogP contribution in [0.4, 0.5) is 5.13 Å². The first-order chi connectivity index (χ1) is 11.2. The summed E-state index contributed by atoms with van der Waals surface area (Å²) in [6.45, 7) is 5.34. The fourth-order valence-corrected chi connectivity index (χ4v) is 3.20. The van der Waals surface area contributed by atoms with Crippen molar-refractivity contribution < 1.29 is 9.53 Å². The molecule has 0 saturated carbocycles. The van der Waals surface area contributed by atoms with Gasteiger partial charge in [0.25, 0.3) is 11.5 Å². The van der Waals surface area contributed by atoms with Crippen molar-refractivity contribution in [2.75, 3.05) is 37.7 Å². The first-order valence-corrected chi connectivity index (χ1v) is 8.52. The Bertz CT molecular complexity index is 750. The van der Waals surface area contributed by atoms with Gasteiger partial charge in [0.15, 0.2) is 0 Å². The van der Waals surface area contributed by atoms with Gasteiger partial charge in [-0.25, -0.2) is 4.98 Å². The van der Waals surface area contributed by atoms with Gasteiger partial charge in [-0.05, 0) is 6.42 Å². The number of hydrogen-bond acceptors (Lipinski definition) is 7. The van der Waals surface area contributed by atoms with Crippen molar-refractivity contribution in [1.29, 1.82) is 0 Å². The lowest BCUT2D eigenvalue weighted by atomic mass is 10.3. The SMILES string of the molecule is CCCCNC(=O)c1cnc2sc(N3CCOCC3)nn2c1=O. The van der Waals surface area contributed by atoms with Crippen LogP contribution in [0.15, 0.2) is 11.0 Å². The third kappa shape index (κ3) is 3.35. The number of fused-ring (bicyclic) bond motifs is 1. The van der Waals surface area contributed by atoms with Gasteiger partial charge in [0, 0.05) is 25.8 Å². The van der Waals surface area contributed by atoms with Crippen LogP contribution in [0.5, 0.6) is 0 Å². The van der Waals surface area contributed by atoms with Crippen molar-refractivity contribution >= 4 is 27.3 Å². The van der Waals surface area contributed by atoms with Crippen molar-refractivity contribution in [3.8, 4) is 0 Å². The van der Waals surface area contributed by atoms with Crippen LogP contribution in [0.3, 0.4) is 0 Å². The number of ether oxygens (including phenoxy) is 1. The third-order valence-electron chi connectivity index (χ3n) is 3.62. The minimum atomic E-state index is -0.431. The molecule has 8 nitrogen and oxygen atoms in total. The fraction of sp³-hybridized carbons (Fsp3) is 0.571. The van der Waals surface area contributed by atoms with E-state index in [2.05, 4.69) is 20.3 Å². The maximum Gasteiger partial charge on any atom is 0.288 e. The van der Waals surface area contributed by atoms with Crippen LogP contribution in [-0.4, -0.2) is 53.4 Å². The molecule has 0 aromatic carbocycles. The molecule has 0 radical (unpaired) electrons. The van der Waals surface area contributed by atoms with Crippen molar-refractivity contribution in [3.63, 3.8) is 0 Å². The molecule has 1 fully saturated rings. The molecule has 124 valence electrons. The lowest BCUT2D eigenvalue weighted by Gasteiger charge is -2.25. The van der Waals surface area contributed by atoms with Crippen LogP contribution in [0, 0.1) is 0 Å². The maximum absolute atomic E-state index is 12.5. The summed E-state index contributed by atoms with van der Waals surface area (Å²) < 4.78 is 6.53. The molecule has 1 saturated heterocycles. The number of unbranched alkanes of at least 4 members (excludes halogenated alkanes) is 1. The molecule has 1 amide bonds. The summed E-state index contributed by atoms with van der Waals surface area (Å²) in [6, 6.07) is 0. The highest BCUT2D eigenvalue weighted by Gasteiger charge is 2.19. The van der Waals surface area contributed by atoms with Gasteiger partial charge in [-0.1, -0.05) is 24.7 Å². The summed E-state index contributed by atoms with van der Waals surface area (Å²) in [7, 11) is 0. The molecule has 2 aromatic heterocycles. The fourth-order valence-electron chi connectivity index (χ4n) is 2.29. The Morgan fingerprint density at radius 3 is 2.96 bits per heavy atom. The van der Waals surface area contributed by atoms with E-state index in [0.29, 0.717) is 24.7 Å². The van der Waals surface area contributed by atoms with Gasteiger partial charge in [0.2, 0.25) is 10.1 Å². The predicted octanol–water partition coefficient (Wildman–Crippen LogP) is 0.517. The third-order valence-corrected chi connectivity index (χ3v) is 4.60. The van der Waals surface area contributed by atoms with Gasteiger partial charge in [-0.3, -0.25) is 9.59 Å². The Hall–Kier alpha value is -2.00. The van der Waals surface area contributed by atoms with Crippen LogP contribution in [-0.2, 0) is 4.74 Å². The minimum absolute atomic E-state index is 0.0254. The van der Waals surface area contributed by atoms with Crippen molar-refractivity contribution in [2.45, 2.75) is 19.8 Å². The normalized spacial score (nSPS) is 15.1. The molecule has 1 aliphatic heterocycles. The van der Waals surface area contributed by atoms with E-state index >= 15 is 0 Å². The number of rotatable bonds is 5. The zero-order valence-corrected chi connectivity index (χ0v) is 13.8. The molecule has 3 heterocycles. The van der Waals surface area contributed by atoms with Crippen molar-refractivity contribution in [2.24, 2.45) is 0 Å². The molecule has 0 atom stereocenters. The molecule has 23 heavy (non-hydrogen) atoms. The van der Waals surface area contributed by atoms with Gasteiger partial charge in [-0.2, -0.15) is 4.52 Å². The lowest BCUT2D eigenvalue weighted by Crippen LogP contribution is -2.36. The summed E-state index contributed by atoms with van der Waals surface area (Å²) >= 11 is 1.34. The van der Waals surface area contributed by atoms with E-state index in [-0.39, 0.29) is 5.56 Å². The van der Waals surface area contributed by atoms with Crippen molar-refractivity contribution in [3.05, 3.63) is 22.1 Å². The number of morpholine rings is 1. The number of carbonyl (C=O) groups excluding carboxylic acids is 1. The van der Waals surface area contributed by atoms with Crippen LogP contribution < -0.4 is 15.8 Å². The molecule has 1 N–H and O–H groups in total. The Morgan fingerprint density at radius 1 is 1.43 bits per heavy atom. The number of aromatic nitrogens is 3. The van der Waals surface area contributed by atoms with E-state index in [1.807, 2.05) is 6.92 Å². The predicted molar refractivity (Wildman–Crippen MR) is 87.4 cm³/mol.